The third kappa shape index (κ3) is 3.68. The first-order chi connectivity index (χ1) is 11.1. The van der Waals surface area contributed by atoms with E-state index < -0.39 is 0 Å². The molecule has 0 fully saturated rings. The quantitative estimate of drug-likeness (QED) is 0.498. The smallest absolute Gasteiger partial charge is 0.114 e. The molecule has 0 atom stereocenters. The minimum atomic E-state index is 0.498. The van der Waals surface area contributed by atoms with Crippen molar-refractivity contribution >= 4 is 47.8 Å². The average molecular weight is 498 g/mol. The topological polar surface area (TPSA) is 67.4 Å². The molecule has 0 aliphatic rings. The SMILES string of the molecule is N#Cc1cncc(-c2cn(Cc3cc(Br)c(Br)c(Br)c3)nn2)c1. The summed E-state index contributed by atoms with van der Waals surface area (Å²) in [7, 11) is 0. The van der Waals surface area contributed by atoms with Crippen LogP contribution in [0.3, 0.4) is 0 Å². The molecule has 0 saturated carbocycles. The minimum absolute atomic E-state index is 0.498. The molecule has 0 saturated heterocycles. The summed E-state index contributed by atoms with van der Waals surface area (Å²) in [6.07, 6.45) is 5.02. The lowest BCUT2D eigenvalue weighted by Gasteiger charge is -2.05. The number of nitrogens with zero attached hydrogens (tertiary/aromatic N) is 5. The molecule has 0 bridgehead atoms. The second-order valence-corrected chi connectivity index (χ2v) is 7.25. The van der Waals surface area contributed by atoms with Gasteiger partial charge in [0.05, 0.1) is 18.3 Å². The number of nitriles is 1. The highest BCUT2D eigenvalue weighted by Crippen LogP contribution is 2.32. The van der Waals surface area contributed by atoms with Gasteiger partial charge in [-0.3, -0.25) is 4.98 Å². The van der Waals surface area contributed by atoms with Crippen molar-refractivity contribution in [2.24, 2.45) is 0 Å². The molecule has 3 rings (SSSR count). The Hall–Kier alpha value is -1.56. The van der Waals surface area contributed by atoms with Gasteiger partial charge in [0.1, 0.15) is 11.8 Å². The first kappa shape index (κ1) is 16.3. The molecule has 0 radical (unpaired) electrons. The van der Waals surface area contributed by atoms with Crippen LogP contribution in [0.25, 0.3) is 11.3 Å². The summed E-state index contributed by atoms with van der Waals surface area (Å²) in [5.74, 6) is 0. The van der Waals surface area contributed by atoms with Gasteiger partial charge < -0.3 is 0 Å². The highest BCUT2D eigenvalue weighted by molar-refractivity contribution is 9.14. The van der Waals surface area contributed by atoms with Crippen LogP contribution in [0.1, 0.15) is 11.1 Å². The van der Waals surface area contributed by atoms with Crippen LogP contribution < -0.4 is 0 Å². The zero-order valence-electron chi connectivity index (χ0n) is 11.5. The van der Waals surface area contributed by atoms with E-state index in [-0.39, 0.29) is 0 Å². The van der Waals surface area contributed by atoms with Crippen LogP contribution in [0.15, 0.2) is 50.2 Å². The Morgan fingerprint density at radius 2 is 1.83 bits per heavy atom. The molecule has 0 aliphatic heterocycles. The Balaban J connectivity index is 1.86. The lowest BCUT2D eigenvalue weighted by molar-refractivity contribution is 0.649. The second-order valence-electron chi connectivity index (χ2n) is 4.75. The summed E-state index contributed by atoms with van der Waals surface area (Å²) in [5.41, 5.74) is 3.03. The number of pyridine rings is 1. The zero-order chi connectivity index (χ0) is 16.4. The molecular formula is C15H8Br3N5. The van der Waals surface area contributed by atoms with E-state index in [0.717, 1.165) is 24.5 Å². The van der Waals surface area contributed by atoms with Crippen molar-refractivity contribution in [1.29, 1.82) is 5.26 Å². The molecular weight excluding hydrogens is 490 g/mol. The standard InChI is InChI=1S/C15H8Br3N5/c16-12-2-9(3-13(17)15(12)18)7-23-8-14(21-22-23)11-1-10(4-19)5-20-6-11/h1-3,5-6,8H,7H2. The zero-order valence-corrected chi connectivity index (χ0v) is 16.3. The van der Waals surface area contributed by atoms with Crippen molar-refractivity contribution in [3.8, 4) is 17.3 Å². The molecule has 0 spiro atoms. The fourth-order valence-electron chi connectivity index (χ4n) is 2.04. The third-order valence-electron chi connectivity index (χ3n) is 3.09. The lowest BCUT2D eigenvalue weighted by Crippen LogP contribution is -2.00. The van der Waals surface area contributed by atoms with Crippen molar-refractivity contribution in [2.75, 3.05) is 0 Å². The molecule has 3 aromatic rings. The van der Waals surface area contributed by atoms with Crippen LogP contribution in [0.4, 0.5) is 0 Å². The van der Waals surface area contributed by atoms with Crippen molar-refractivity contribution in [2.45, 2.75) is 6.54 Å². The van der Waals surface area contributed by atoms with Crippen molar-refractivity contribution < 1.29 is 0 Å². The summed E-state index contributed by atoms with van der Waals surface area (Å²) in [6, 6.07) is 7.86. The van der Waals surface area contributed by atoms with Crippen LogP contribution in [-0.4, -0.2) is 20.0 Å². The molecule has 0 amide bonds. The fraction of sp³-hybridized carbons (Fsp3) is 0.0667. The Morgan fingerprint density at radius 1 is 1.09 bits per heavy atom. The van der Waals surface area contributed by atoms with Gasteiger partial charge in [0.15, 0.2) is 0 Å². The Bertz CT molecular complexity index is 890. The van der Waals surface area contributed by atoms with Crippen LogP contribution in [0.2, 0.25) is 0 Å². The first-order valence-corrected chi connectivity index (χ1v) is 8.84. The molecule has 0 unspecified atom stereocenters. The maximum Gasteiger partial charge on any atom is 0.114 e. The highest BCUT2D eigenvalue weighted by atomic mass is 79.9. The summed E-state index contributed by atoms with van der Waals surface area (Å²) in [4.78, 5) is 4.04. The van der Waals surface area contributed by atoms with Gasteiger partial charge in [-0.2, -0.15) is 5.26 Å². The van der Waals surface area contributed by atoms with Gasteiger partial charge in [0.25, 0.3) is 0 Å². The second kappa shape index (κ2) is 6.91. The molecule has 23 heavy (non-hydrogen) atoms. The van der Waals surface area contributed by atoms with Gasteiger partial charge in [0, 0.05) is 31.4 Å². The van der Waals surface area contributed by atoms with E-state index >= 15 is 0 Å². The predicted octanol–water partition coefficient (Wildman–Crippen LogP) is 4.55. The number of hydrogen-bond acceptors (Lipinski definition) is 4. The van der Waals surface area contributed by atoms with Crippen molar-refractivity contribution in [1.82, 2.24) is 20.0 Å². The maximum atomic E-state index is 8.94. The number of halogens is 3. The molecule has 0 N–H and O–H groups in total. The van der Waals surface area contributed by atoms with Crippen LogP contribution in [0, 0.1) is 11.3 Å². The summed E-state index contributed by atoms with van der Waals surface area (Å²) < 4.78 is 4.65. The maximum absolute atomic E-state index is 8.94. The van der Waals surface area contributed by atoms with E-state index in [0.29, 0.717) is 17.8 Å². The Kier molecular flexibility index (Phi) is 4.90. The van der Waals surface area contributed by atoms with Gasteiger partial charge in [-0.15, -0.1) is 5.10 Å². The third-order valence-corrected chi connectivity index (χ3v) is 6.26. The van der Waals surface area contributed by atoms with Crippen LogP contribution >= 0.6 is 47.8 Å². The van der Waals surface area contributed by atoms with Crippen LogP contribution in [-0.2, 0) is 6.54 Å². The Labute approximate surface area is 157 Å². The average Bonchev–Trinajstić information content (AvgIpc) is 3.01. The largest absolute Gasteiger partial charge is 0.263 e. The summed E-state index contributed by atoms with van der Waals surface area (Å²) >= 11 is 10.5. The first-order valence-electron chi connectivity index (χ1n) is 6.46. The van der Waals surface area contributed by atoms with Crippen molar-refractivity contribution in [3.05, 3.63) is 61.3 Å². The summed E-state index contributed by atoms with van der Waals surface area (Å²) in [6.45, 7) is 0.586. The lowest BCUT2D eigenvalue weighted by atomic mass is 10.2. The fourth-order valence-corrected chi connectivity index (χ4v) is 3.55. The van der Waals surface area contributed by atoms with E-state index in [1.165, 1.54) is 6.20 Å². The number of aromatic nitrogens is 4. The van der Waals surface area contributed by atoms with E-state index in [9.17, 15) is 0 Å². The van der Waals surface area contributed by atoms with Crippen molar-refractivity contribution in [3.63, 3.8) is 0 Å². The molecule has 1 aromatic carbocycles. The highest BCUT2D eigenvalue weighted by Gasteiger charge is 2.08. The molecule has 2 heterocycles. The van der Waals surface area contributed by atoms with Gasteiger partial charge in [0.2, 0.25) is 0 Å². The van der Waals surface area contributed by atoms with Gasteiger partial charge >= 0.3 is 0 Å². The van der Waals surface area contributed by atoms with Gasteiger partial charge in [-0.25, -0.2) is 4.68 Å². The van der Waals surface area contributed by atoms with E-state index in [1.807, 2.05) is 18.3 Å². The Morgan fingerprint density at radius 3 is 2.52 bits per heavy atom. The summed E-state index contributed by atoms with van der Waals surface area (Å²) in [5, 5.41) is 17.2. The molecule has 5 nitrogen and oxygen atoms in total. The minimum Gasteiger partial charge on any atom is -0.263 e. The van der Waals surface area contributed by atoms with Gasteiger partial charge in [-0.05, 0) is 71.6 Å². The van der Waals surface area contributed by atoms with E-state index in [2.05, 4.69) is 69.2 Å². The normalized spacial score (nSPS) is 10.5. The number of rotatable bonds is 3. The number of benzene rings is 1. The predicted molar refractivity (Wildman–Crippen MR) is 96.6 cm³/mol. The molecule has 8 heteroatoms. The van der Waals surface area contributed by atoms with Gasteiger partial charge in [-0.1, -0.05) is 5.21 Å². The molecule has 2 aromatic heterocycles. The van der Waals surface area contributed by atoms with Crippen LogP contribution in [0.5, 0.6) is 0 Å². The molecule has 0 aliphatic carbocycles. The molecule has 114 valence electrons. The monoisotopic (exact) mass is 495 g/mol. The van der Waals surface area contributed by atoms with E-state index in [4.69, 9.17) is 5.26 Å². The number of hydrogen-bond donors (Lipinski definition) is 0. The van der Waals surface area contributed by atoms with E-state index in [1.54, 1.807) is 16.9 Å².